The number of carbonyl (C=O) groups excluding carboxylic acids is 1. The molecule has 0 radical (unpaired) electrons. The number of primary amides is 1. The van der Waals surface area contributed by atoms with Crippen molar-refractivity contribution >= 4 is 27.3 Å². The number of nitrogens with two attached hydrogens (primary N) is 1. The van der Waals surface area contributed by atoms with E-state index in [1.54, 1.807) is 4.90 Å². The van der Waals surface area contributed by atoms with Crippen molar-refractivity contribution in [3.05, 3.63) is 28.3 Å². The van der Waals surface area contributed by atoms with Crippen molar-refractivity contribution in [1.82, 2.24) is 9.62 Å². The highest BCUT2D eigenvalue weighted by Crippen LogP contribution is 2.33. The van der Waals surface area contributed by atoms with Crippen molar-refractivity contribution in [2.75, 3.05) is 37.6 Å². The Balaban J connectivity index is 1.95. The minimum Gasteiger partial charge on any atom is -0.368 e. The third-order valence-corrected chi connectivity index (χ3v) is 6.60. The Morgan fingerprint density at radius 3 is 2.58 bits per heavy atom. The van der Waals surface area contributed by atoms with Crippen molar-refractivity contribution < 1.29 is 18.1 Å². The number of rotatable bonds is 5. The Bertz CT molecular complexity index is 822. The van der Waals surface area contributed by atoms with Crippen LogP contribution in [0.2, 0.25) is 0 Å². The molecule has 26 heavy (non-hydrogen) atoms. The summed E-state index contributed by atoms with van der Waals surface area (Å²) in [5.74, 6) is -0.536. The molecule has 142 valence electrons. The highest BCUT2D eigenvalue weighted by molar-refractivity contribution is 7.89. The van der Waals surface area contributed by atoms with Crippen LogP contribution in [0, 0.1) is 10.1 Å². The number of sulfonamides is 1. The first-order valence-electron chi connectivity index (χ1n) is 8.37. The Kier molecular flexibility index (Phi) is 5.12. The van der Waals surface area contributed by atoms with Crippen molar-refractivity contribution in [3.8, 4) is 0 Å². The molecule has 1 aromatic carbocycles. The molecular formula is C15H21N5O5S. The number of piperazine rings is 1. The summed E-state index contributed by atoms with van der Waals surface area (Å²) in [5.41, 5.74) is 5.29. The van der Waals surface area contributed by atoms with Crippen molar-refractivity contribution in [2.45, 2.75) is 23.8 Å². The van der Waals surface area contributed by atoms with Crippen LogP contribution in [0.3, 0.4) is 0 Å². The van der Waals surface area contributed by atoms with Gasteiger partial charge in [0.15, 0.2) is 0 Å². The standard InChI is InChI=1S/C15H21N5O5S/c16-15(21)12-10-18(8-5-17-12)13-4-3-11(9-14(13)20(22)23)26(24,25)19-6-1-2-7-19/h3-4,9,12,17H,1-2,5-8,10H2,(H2,16,21)/t12-/m0/s1. The molecule has 2 fully saturated rings. The molecule has 1 amide bonds. The first-order chi connectivity index (χ1) is 12.3. The van der Waals surface area contributed by atoms with Crippen LogP contribution in [0.25, 0.3) is 0 Å². The Morgan fingerprint density at radius 1 is 1.27 bits per heavy atom. The van der Waals surface area contributed by atoms with Gasteiger partial charge < -0.3 is 16.0 Å². The van der Waals surface area contributed by atoms with Crippen LogP contribution in [0.4, 0.5) is 11.4 Å². The van der Waals surface area contributed by atoms with E-state index in [0.29, 0.717) is 26.2 Å². The SMILES string of the molecule is NC(=O)[C@@H]1CN(c2ccc(S(=O)(=O)N3CCCC3)cc2[N+](=O)[O-])CCN1. The number of nitro benzene ring substituents is 1. The van der Waals surface area contributed by atoms with Gasteiger partial charge in [0.2, 0.25) is 15.9 Å². The fourth-order valence-corrected chi connectivity index (χ4v) is 4.85. The number of hydrogen-bond donors (Lipinski definition) is 2. The molecule has 11 heteroatoms. The second-order valence-electron chi connectivity index (χ2n) is 6.37. The molecule has 10 nitrogen and oxygen atoms in total. The van der Waals surface area contributed by atoms with Crippen LogP contribution in [0.15, 0.2) is 23.1 Å². The van der Waals surface area contributed by atoms with Gasteiger partial charge in [-0.1, -0.05) is 0 Å². The van der Waals surface area contributed by atoms with Crippen LogP contribution in [0.5, 0.6) is 0 Å². The summed E-state index contributed by atoms with van der Waals surface area (Å²) in [6.07, 6.45) is 1.57. The predicted octanol–water partition coefficient (Wildman–Crippen LogP) is -0.357. The molecule has 3 N–H and O–H groups in total. The van der Waals surface area contributed by atoms with Crippen molar-refractivity contribution in [2.24, 2.45) is 5.73 Å². The van der Waals surface area contributed by atoms with Gasteiger partial charge in [-0.15, -0.1) is 0 Å². The van der Waals surface area contributed by atoms with Crippen LogP contribution in [-0.2, 0) is 14.8 Å². The van der Waals surface area contributed by atoms with Gasteiger partial charge in [-0.2, -0.15) is 4.31 Å². The summed E-state index contributed by atoms with van der Waals surface area (Å²) >= 11 is 0. The molecule has 2 aliphatic heterocycles. The number of carbonyl (C=O) groups is 1. The summed E-state index contributed by atoms with van der Waals surface area (Å²) < 4.78 is 26.7. The maximum absolute atomic E-state index is 12.7. The Hall–Kier alpha value is -2.24. The lowest BCUT2D eigenvalue weighted by molar-refractivity contribution is -0.384. The average Bonchev–Trinajstić information content (AvgIpc) is 3.16. The van der Waals surface area contributed by atoms with Crippen LogP contribution < -0.4 is 16.0 Å². The third kappa shape index (κ3) is 3.50. The van der Waals surface area contributed by atoms with E-state index in [-0.39, 0.29) is 22.8 Å². The minimum absolute atomic E-state index is 0.0866. The van der Waals surface area contributed by atoms with E-state index in [0.717, 1.165) is 18.9 Å². The average molecular weight is 383 g/mol. The minimum atomic E-state index is -3.74. The number of anilines is 1. The van der Waals surface area contributed by atoms with Gasteiger partial charge in [-0.3, -0.25) is 14.9 Å². The first kappa shape index (κ1) is 18.5. The van der Waals surface area contributed by atoms with Gasteiger partial charge >= 0.3 is 0 Å². The predicted molar refractivity (Wildman–Crippen MR) is 94.3 cm³/mol. The fraction of sp³-hybridized carbons (Fsp3) is 0.533. The summed E-state index contributed by atoms with van der Waals surface area (Å²) in [7, 11) is -3.74. The summed E-state index contributed by atoms with van der Waals surface area (Å²) in [4.78, 5) is 23.9. The van der Waals surface area contributed by atoms with Gasteiger partial charge in [-0.25, -0.2) is 8.42 Å². The molecule has 1 aromatic rings. The maximum atomic E-state index is 12.7. The fourth-order valence-electron chi connectivity index (χ4n) is 3.31. The molecule has 1 atom stereocenters. The number of nitrogens with zero attached hydrogens (tertiary/aromatic N) is 3. The number of nitrogens with one attached hydrogen (secondary N) is 1. The van der Waals surface area contributed by atoms with E-state index in [9.17, 15) is 23.3 Å². The van der Waals surface area contributed by atoms with Gasteiger partial charge in [0.05, 0.1) is 9.82 Å². The maximum Gasteiger partial charge on any atom is 0.293 e. The molecule has 0 bridgehead atoms. The topological polar surface area (TPSA) is 139 Å². The lowest BCUT2D eigenvalue weighted by atomic mass is 10.1. The zero-order valence-corrected chi connectivity index (χ0v) is 14.9. The van der Waals surface area contributed by atoms with E-state index in [4.69, 9.17) is 5.73 Å². The molecule has 2 heterocycles. The second-order valence-corrected chi connectivity index (χ2v) is 8.31. The molecular weight excluding hydrogens is 362 g/mol. The smallest absolute Gasteiger partial charge is 0.293 e. The number of benzene rings is 1. The van der Waals surface area contributed by atoms with Crippen LogP contribution >= 0.6 is 0 Å². The zero-order chi connectivity index (χ0) is 18.9. The molecule has 3 rings (SSSR count). The van der Waals surface area contributed by atoms with Gasteiger partial charge in [0, 0.05) is 38.8 Å². The normalized spacial score (nSPS) is 21.7. The Labute approximate surface area is 151 Å². The Morgan fingerprint density at radius 2 is 1.96 bits per heavy atom. The molecule has 2 saturated heterocycles. The van der Waals surface area contributed by atoms with Gasteiger partial charge in [0.1, 0.15) is 11.7 Å². The second kappa shape index (κ2) is 7.17. The van der Waals surface area contributed by atoms with Crippen LogP contribution in [0.1, 0.15) is 12.8 Å². The monoisotopic (exact) mass is 383 g/mol. The molecule has 0 spiro atoms. The van der Waals surface area contributed by atoms with E-state index in [2.05, 4.69) is 5.32 Å². The van der Waals surface area contributed by atoms with Gasteiger partial charge in [-0.05, 0) is 25.0 Å². The molecule has 0 aromatic heterocycles. The summed E-state index contributed by atoms with van der Waals surface area (Å²) in [6, 6.07) is 3.31. The number of amides is 1. The van der Waals surface area contributed by atoms with Crippen molar-refractivity contribution in [3.63, 3.8) is 0 Å². The lowest BCUT2D eigenvalue weighted by Crippen LogP contribution is -2.56. The molecule has 0 saturated carbocycles. The van der Waals surface area contributed by atoms with E-state index >= 15 is 0 Å². The molecule has 0 unspecified atom stereocenters. The molecule has 2 aliphatic rings. The number of nitro groups is 1. The zero-order valence-electron chi connectivity index (χ0n) is 14.1. The van der Waals surface area contributed by atoms with Crippen molar-refractivity contribution in [1.29, 1.82) is 0 Å². The molecule has 0 aliphatic carbocycles. The summed E-state index contributed by atoms with van der Waals surface area (Å²) in [6.45, 7) is 1.93. The van der Waals surface area contributed by atoms with E-state index < -0.39 is 26.9 Å². The van der Waals surface area contributed by atoms with Crippen LogP contribution in [-0.4, -0.2) is 62.3 Å². The third-order valence-electron chi connectivity index (χ3n) is 4.71. The lowest BCUT2D eigenvalue weighted by Gasteiger charge is -2.33. The quantitative estimate of drug-likeness (QED) is 0.523. The first-order valence-corrected chi connectivity index (χ1v) is 9.81. The van der Waals surface area contributed by atoms with E-state index in [1.807, 2.05) is 0 Å². The highest BCUT2D eigenvalue weighted by Gasteiger charge is 2.32. The summed E-state index contributed by atoms with van der Waals surface area (Å²) in [5, 5.41) is 14.5. The van der Waals surface area contributed by atoms with E-state index in [1.165, 1.54) is 16.4 Å². The highest BCUT2D eigenvalue weighted by atomic mass is 32.2. The number of hydrogen-bond acceptors (Lipinski definition) is 7. The largest absolute Gasteiger partial charge is 0.368 e. The van der Waals surface area contributed by atoms with Gasteiger partial charge in [0.25, 0.3) is 5.69 Å².